The van der Waals surface area contributed by atoms with Crippen LogP contribution in [0.2, 0.25) is 0 Å². The van der Waals surface area contributed by atoms with Crippen molar-refractivity contribution in [2.45, 2.75) is 63.2 Å². The zero-order chi connectivity index (χ0) is 17.8. The van der Waals surface area contributed by atoms with Crippen LogP contribution in [0.4, 0.5) is 5.69 Å². The molecule has 26 heavy (non-hydrogen) atoms. The molecule has 3 aliphatic rings. The molecule has 0 radical (unpaired) electrons. The first-order valence-corrected chi connectivity index (χ1v) is 10.0. The summed E-state index contributed by atoms with van der Waals surface area (Å²) in [5, 5.41) is 3.18. The van der Waals surface area contributed by atoms with Crippen molar-refractivity contribution in [2.24, 2.45) is 0 Å². The maximum Gasteiger partial charge on any atom is 0.270 e. The van der Waals surface area contributed by atoms with Gasteiger partial charge < -0.3 is 19.7 Å². The van der Waals surface area contributed by atoms with Crippen molar-refractivity contribution < 1.29 is 14.3 Å². The predicted octanol–water partition coefficient (Wildman–Crippen LogP) is 2.88. The Morgan fingerprint density at radius 3 is 2.50 bits per heavy atom. The number of nitrogens with zero attached hydrogens (tertiary/aromatic N) is 2. The van der Waals surface area contributed by atoms with Crippen LogP contribution in [-0.2, 0) is 9.47 Å². The molecule has 1 amide bonds. The molecule has 1 N–H and O–H groups in total. The quantitative estimate of drug-likeness (QED) is 0.841. The van der Waals surface area contributed by atoms with Gasteiger partial charge in [0.1, 0.15) is 5.69 Å². The molecule has 0 bridgehead atoms. The lowest BCUT2D eigenvalue weighted by molar-refractivity contribution is -0.169. The van der Waals surface area contributed by atoms with Gasteiger partial charge in [0.05, 0.1) is 13.2 Å². The number of piperidine rings is 1. The number of hydrogen-bond donors (Lipinski definition) is 1. The Morgan fingerprint density at radius 2 is 1.81 bits per heavy atom. The van der Waals surface area contributed by atoms with E-state index in [9.17, 15) is 4.79 Å². The Labute approximate surface area is 155 Å². The van der Waals surface area contributed by atoms with Crippen molar-refractivity contribution in [3.63, 3.8) is 0 Å². The van der Waals surface area contributed by atoms with Crippen LogP contribution in [0.25, 0.3) is 0 Å². The van der Waals surface area contributed by atoms with Crippen molar-refractivity contribution in [1.82, 2.24) is 10.3 Å². The highest BCUT2D eigenvalue weighted by Gasteiger charge is 2.39. The van der Waals surface area contributed by atoms with Gasteiger partial charge in [-0.25, -0.2) is 0 Å². The lowest BCUT2D eigenvalue weighted by Gasteiger charge is -2.38. The van der Waals surface area contributed by atoms with E-state index in [0.717, 1.165) is 44.5 Å². The fraction of sp³-hybridized carbons (Fsp3) is 0.700. The predicted molar refractivity (Wildman–Crippen MR) is 99.3 cm³/mol. The average molecular weight is 359 g/mol. The van der Waals surface area contributed by atoms with Gasteiger partial charge in [0.2, 0.25) is 0 Å². The average Bonchev–Trinajstić information content (AvgIpc) is 2.97. The SMILES string of the molecule is O=C(NC1CCCCCC1)c1cc(N2CCC3(CC2)OCCO3)ccn1. The molecule has 3 heterocycles. The minimum absolute atomic E-state index is 0.0466. The fourth-order valence-electron chi connectivity index (χ4n) is 4.31. The van der Waals surface area contributed by atoms with Crippen molar-refractivity contribution in [3.05, 3.63) is 24.0 Å². The summed E-state index contributed by atoms with van der Waals surface area (Å²) in [6.45, 7) is 3.13. The number of aromatic nitrogens is 1. The van der Waals surface area contributed by atoms with E-state index in [1.54, 1.807) is 6.20 Å². The first-order valence-electron chi connectivity index (χ1n) is 10.0. The number of nitrogens with one attached hydrogen (secondary N) is 1. The summed E-state index contributed by atoms with van der Waals surface area (Å²) < 4.78 is 11.6. The van der Waals surface area contributed by atoms with Gasteiger partial charge in [0.25, 0.3) is 5.91 Å². The first-order chi connectivity index (χ1) is 12.7. The molecule has 0 unspecified atom stereocenters. The van der Waals surface area contributed by atoms with E-state index in [0.29, 0.717) is 24.9 Å². The Morgan fingerprint density at radius 1 is 1.12 bits per heavy atom. The summed E-state index contributed by atoms with van der Waals surface area (Å²) >= 11 is 0. The van der Waals surface area contributed by atoms with E-state index < -0.39 is 0 Å². The number of carbonyl (C=O) groups excluding carboxylic acids is 1. The molecule has 1 saturated carbocycles. The number of hydrogen-bond acceptors (Lipinski definition) is 5. The molecule has 1 aliphatic carbocycles. The highest BCUT2D eigenvalue weighted by atomic mass is 16.7. The van der Waals surface area contributed by atoms with E-state index in [2.05, 4.69) is 15.2 Å². The minimum atomic E-state index is -0.372. The third-order valence-electron chi connectivity index (χ3n) is 5.87. The number of amides is 1. The van der Waals surface area contributed by atoms with E-state index in [-0.39, 0.29) is 11.7 Å². The minimum Gasteiger partial charge on any atom is -0.371 e. The Bertz CT molecular complexity index is 612. The fourth-order valence-corrected chi connectivity index (χ4v) is 4.31. The molecule has 1 aromatic rings. The molecule has 6 heteroatoms. The van der Waals surface area contributed by atoms with Crippen LogP contribution in [0.1, 0.15) is 61.9 Å². The maximum absolute atomic E-state index is 12.6. The number of rotatable bonds is 3. The van der Waals surface area contributed by atoms with Crippen molar-refractivity contribution >= 4 is 11.6 Å². The lowest BCUT2D eigenvalue weighted by atomic mass is 10.0. The molecular formula is C20H29N3O3. The summed E-state index contributed by atoms with van der Waals surface area (Å²) in [5.41, 5.74) is 1.57. The van der Waals surface area contributed by atoms with Crippen molar-refractivity contribution in [2.75, 3.05) is 31.2 Å². The summed E-state index contributed by atoms with van der Waals surface area (Å²) in [6.07, 6.45) is 10.6. The monoisotopic (exact) mass is 359 g/mol. The third kappa shape index (κ3) is 4.01. The molecular weight excluding hydrogens is 330 g/mol. The van der Waals surface area contributed by atoms with Gasteiger partial charge in [-0.2, -0.15) is 0 Å². The van der Waals surface area contributed by atoms with Gasteiger partial charge in [0.15, 0.2) is 5.79 Å². The molecule has 2 saturated heterocycles. The van der Waals surface area contributed by atoms with Gasteiger partial charge >= 0.3 is 0 Å². The molecule has 6 nitrogen and oxygen atoms in total. The zero-order valence-corrected chi connectivity index (χ0v) is 15.4. The number of carbonyl (C=O) groups is 1. The van der Waals surface area contributed by atoms with Gasteiger partial charge in [0, 0.05) is 43.9 Å². The Balaban J connectivity index is 1.37. The summed E-state index contributed by atoms with van der Waals surface area (Å²) in [6, 6.07) is 4.19. The van der Waals surface area contributed by atoms with Crippen LogP contribution in [0.5, 0.6) is 0 Å². The summed E-state index contributed by atoms with van der Waals surface area (Å²) in [5.74, 6) is -0.418. The molecule has 1 aromatic heterocycles. The summed E-state index contributed by atoms with van der Waals surface area (Å²) in [7, 11) is 0. The highest BCUT2D eigenvalue weighted by Crippen LogP contribution is 2.33. The molecule has 3 fully saturated rings. The van der Waals surface area contributed by atoms with Crippen LogP contribution in [0.15, 0.2) is 18.3 Å². The van der Waals surface area contributed by atoms with E-state index in [1.165, 1.54) is 25.7 Å². The van der Waals surface area contributed by atoms with Gasteiger partial charge in [-0.3, -0.25) is 9.78 Å². The molecule has 4 rings (SSSR count). The smallest absolute Gasteiger partial charge is 0.270 e. The topological polar surface area (TPSA) is 63.7 Å². The van der Waals surface area contributed by atoms with Crippen molar-refractivity contribution in [3.8, 4) is 0 Å². The second-order valence-electron chi connectivity index (χ2n) is 7.66. The second kappa shape index (κ2) is 7.92. The lowest BCUT2D eigenvalue weighted by Crippen LogP contribution is -2.45. The number of anilines is 1. The molecule has 0 atom stereocenters. The molecule has 2 aliphatic heterocycles. The van der Waals surface area contributed by atoms with Crippen LogP contribution >= 0.6 is 0 Å². The normalized spacial score (nSPS) is 23.8. The Hall–Kier alpha value is -1.66. The van der Waals surface area contributed by atoms with Crippen LogP contribution in [0, 0.1) is 0 Å². The number of pyridine rings is 1. The third-order valence-corrected chi connectivity index (χ3v) is 5.87. The van der Waals surface area contributed by atoms with Crippen molar-refractivity contribution in [1.29, 1.82) is 0 Å². The zero-order valence-electron chi connectivity index (χ0n) is 15.4. The van der Waals surface area contributed by atoms with E-state index in [4.69, 9.17) is 9.47 Å². The van der Waals surface area contributed by atoms with Crippen LogP contribution < -0.4 is 10.2 Å². The standard InChI is InChI=1S/C20H29N3O3/c24-19(22-16-5-3-1-2-4-6-16)18-15-17(7-10-21-18)23-11-8-20(9-12-23)25-13-14-26-20/h7,10,15-16H,1-6,8-9,11-14H2,(H,22,24). The molecule has 1 spiro atoms. The van der Waals surface area contributed by atoms with E-state index >= 15 is 0 Å². The maximum atomic E-state index is 12.6. The van der Waals surface area contributed by atoms with Gasteiger partial charge in [-0.1, -0.05) is 25.7 Å². The largest absolute Gasteiger partial charge is 0.371 e. The van der Waals surface area contributed by atoms with E-state index in [1.807, 2.05) is 12.1 Å². The first kappa shape index (κ1) is 17.7. The second-order valence-corrected chi connectivity index (χ2v) is 7.66. The van der Waals surface area contributed by atoms with Gasteiger partial charge in [-0.05, 0) is 25.0 Å². The highest BCUT2D eigenvalue weighted by molar-refractivity contribution is 5.93. The number of ether oxygens (including phenoxy) is 2. The Kier molecular flexibility index (Phi) is 5.41. The van der Waals surface area contributed by atoms with Gasteiger partial charge in [-0.15, -0.1) is 0 Å². The summed E-state index contributed by atoms with van der Waals surface area (Å²) in [4.78, 5) is 19.2. The molecule has 0 aromatic carbocycles. The van der Waals surface area contributed by atoms with Crippen LogP contribution in [0.3, 0.4) is 0 Å². The van der Waals surface area contributed by atoms with Crippen LogP contribution in [-0.4, -0.2) is 49.0 Å². The molecule has 142 valence electrons.